The Balaban J connectivity index is 2.36. The third kappa shape index (κ3) is 3.94. The number of amides is 1. The Morgan fingerprint density at radius 2 is 2.00 bits per heavy atom. The lowest BCUT2D eigenvalue weighted by molar-refractivity contribution is 0.102. The lowest BCUT2D eigenvalue weighted by Gasteiger charge is -2.19. The number of carbonyl (C=O) groups is 1. The summed E-state index contributed by atoms with van der Waals surface area (Å²) in [6.45, 7) is 6.09. The highest BCUT2D eigenvalue weighted by atomic mass is 35.5. The van der Waals surface area contributed by atoms with E-state index < -0.39 is 15.9 Å². The quantitative estimate of drug-likeness (QED) is 0.823. The van der Waals surface area contributed by atoms with Crippen molar-refractivity contribution in [3.63, 3.8) is 0 Å². The molecule has 2 rings (SSSR count). The molecule has 1 aromatic heterocycles. The van der Waals surface area contributed by atoms with Crippen LogP contribution in [0.4, 0.5) is 5.13 Å². The molecule has 0 fully saturated rings. The van der Waals surface area contributed by atoms with Crippen LogP contribution in [-0.4, -0.2) is 36.7 Å². The van der Waals surface area contributed by atoms with Crippen LogP contribution in [0.5, 0.6) is 0 Å². The summed E-state index contributed by atoms with van der Waals surface area (Å²) < 4.78 is 26.5. The van der Waals surface area contributed by atoms with Gasteiger partial charge in [0.1, 0.15) is 0 Å². The van der Waals surface area contributed by atoms with E-state index >= 15 is 0 Å². The summed E-state index contributed by atoms with van der Waals surface area (Å²) in [5.74, 6) is -0.494. The van der Waals surface area contributed by atoms with Gasteiger partial charge >= 0.3 is 0 Å². The number of hydrogen-bond donors (Lipinski definition) is 1. The van der Waals surface area contributed by atoms with E-state index in [1.807, 2.05) is 6.92 Å². The Morgan fingerprint density at radius 1 is 1.33 bits per heavy atom. The number of rotatable bonds is 6. The Labute approximate surface area is 150 Å². The number of benzene rings is 1. The van der Waals surface area contributed by atoms with Crippen molar-refractivity contribution >= 4 is 44.0 Å². The van der Waals surface area contributed by atoms with Crippen LogP contribution in [0.25, 0.3) is 0 Å². The zero-order chi connectivity index (χ0) is 17.9. The molecule has 0 spiro atoms. The average molecular weight is 388 g/mol. The van der Waals surface area contributed by atoms with Crippen molar-refractivity contribution in [2.75, 3.05) is 18.4 Å². The minimum absolute atomic E-state index is 0.0380. The molecule has 1 amide bonds. The second-order valence-corrected chi connectivity index (χ2v) is 8.54. The number of nitrogens with one attached hydrogen (secondary N) is 1. The van der Waals surface area contributed by atoms with Crippen LogP contribution in [0.3, 0.4) is 0 Å². The van der Waals surface area contributed by atoms with Gasteiger partial charge in [-0.05, 0) is 25.1 Å². The van der Waals surface area contributed by atoms with Gasteiger partial charge in [0.2, 0.25) is 10.0 Å². The van der Waals surface area contributed by atoms with Crippen molar-refractivity contribution in [2.24, 2.45) is 0 Å². The molecule has 1 aromatic carbocycles. The zero-order valence-corrected chi connectivity index (χ0v) is 15.9. The number of aryl methyl sites for hydroxylation is 1. The van der Waals surface area contributed by atoms with Crippen LogP contribution in [0.1, 0.15) is 29.1 Å². The van der Waals surface area contributed by atoms with Crippen LogP contribution >= 0.6 is 22.9 Å². The normalized spacial score (nSPS) is 11.7. The molecule has 0 atom stereocenters. The third-order valence-electron chi connectivity index (χ3n) is 3.37. The number of aromatic nitrogens is 1. The fourth-order valence-electron chi connectivity index (χ4n) is 2.13. The molecule has 6 nitrogen and oxygen atoms in total. The van der Waals surface area contributed by atoms with Crippen LogP contribution < -0.4 is 5.32 Å². The summed E-state index contributed by atoms with van der Waals surface area (Å²) in [7, 11) is -3.66. The molecule has 24 heavy (non-hydrogen) atoms. The molecule has 0 unspecified atom stereocenters. The highest BCUT2D eigenvalue weighted by Crippen LogP contribution is 2.25. The first-order valence-corrected chi connectivity index (χ1v) is 9.96. The molecule has 1 N–H and O–H groups in total. The van der Waals surface area contributed by atoms with Gasteiger partial charge in [-0.15, -0.1) is 11.3 Å². The number of halogens is 1. The zero-order valence-electron chi connectivity index (χ0n) is 13.5. The van der Waals surface area contributed by atoms with E-state index in [1.165, 1.54) is 33.8 Å². The van der Waals surface area contributed by atoms with Gasteiger partial charge in [-0.2, -0.15) is 4.31 Å². The Bertz CT molecular complexity index is 845. The molecule has 0 radical (unpaired) electrons. The van der Waals surface area contributed by atoms with Crippen LogP contribution in [0.2, 0.25) is 5.02 Å². The molecule has 2 aromatic rings. The predicted octanol–water partition coefficient (Wildman–Crippen LogP) is 3.39. The predicted molar refractivity (Wildman–Crippen MR) is 96.4 cm³/mol. The topological polar surface area (TPSA) is 79.4 Å². The van der Waals surface area contributed by atoms with E-state index in [4.69, 9.17) is 11.6 Å². The summed E-state index contributed by atoms with van der Waals surface area (Å²) in [5.41, 5.74) is 0.0951. The van der Waals surface area contributed by atoms with Crippen LogP contribution in [-0.2, 0) is 10.0 Å². The second-order valence-electron chi connectivity index (χ2n) is 4.96. The molecule has 0 saturated carbocycles. The van der Waals surface area contributed by atoms with Crippen molar-refractivity contribution in [3.8, 4) is 0 Å². The van der Waals surface area contributed by atoms with Gasteiger partial charge < -0.3 is 0 Å². The van der Waals surface area contributed by atoms with Gasteiger partial charge in [-0.25, -0.2) is 13.4 Å². The third-order valence-corrected chi connectivity index (χ3v) is 6.57. The summed E-state index contributed by atoms with van der Waals surface area (Å²) in [4.78, 5) is 17.4. The lowest BCUT2D eigenvalue weighted by atomic mass is 10.2. The van der Waals surface area contributed by atoms with Gasteiger partial charge in [-0.1, -0.05) is 25.4 Å². The van der Waals surface area contributed by atoms with E-state index in [-0.39, 0.29) is 15.5 Å². The maximum atomic E-state index is 12.6. The number of carbonyl (C=O) groups excluding carboxylic acids is 1. The molecule has 0 aliphatic carbocycles. The van der Waals surface area contributed by atoms with Crippen molar-refractivity contribution in [1.82, 2.24) is 9.29 Å². The number of nitrogens with zero attached hydrogens (tertiary/aromatic N) is 2. The van der Waals surface area contributed by atoms with E-state index in [0.29, 0.717) is 18.2 Å². The number of hydrogen-bond acceptors (Lipinski definition) is 5. The summed E-state index contributed by atoms with van der Waals surface area (Å²) in [5, 5.41) is 3.25. The standard InChI is InChI=1S/C15H18ClN3O3S2/c1-4-19(5-2)24(21,22)11-6-7-13(16)12(8-11)14(20)18-15-17-9-10(3)23-15/h6-9H,4-5H2,1-3H3,(H,17,18,20). The van der Waals surface area contributed by atoms with E-state index in [2.05, 4.69) is 10.3 Å². The van der Waals surface area contributed by atoms with Gasteiger partial charge in [-0.3, -0.25) is 10.1 Å². The maximum Gasteiger partial charge on any atom is 0.259 e. The average Bonchev–Trinajstić information content (AvgIpc) is 2.93. The van der Waals surface area contributed by atoms with E-state index in [9.17, 15) is 13.2 Å². The van der Waals surface area contributed by atoms with Crippen LogP contribution in [0, 0.1) is 6.92 Å². The minimum Gasteiger partial charge on any atom is -0.298 e. The Kier molecular flexibility index (Phi) is 5.97. The smallest absolute Gasteiger partial charge is 0.259 e. The molecule has 0 saturated heterocycles. The molecule has 0 aliphatic rings. The molecular weight excluding hydrogens is 370 g/mol. The second kappa shape index (κ2) is 7.60. The van der Waals surface area contributed by atoms with E-state index in [1.54, 1.807) is 20.0 Å². The molecule has 1 heterocycles. The first kappa shape index (κ1) is 18.9. The SMILES string of the molecule is CCN(CC)S(=O)(=O)c1ccc(Cl)c(C(=O)Nc2ncc(C)s2)c1. The van der Waals surface area contributed by atoms with Gasteiger partial charge in [0.05, 0.1) is 15.5 Å². The lowest BCUT2D eigenvalue weighted by Crippen LogP contribution is -2.30. The Hall–Kier alpha value is -1.48. The first-order chi connectivity index (χ1) is 11.3. The Morgan fingerprint density at radius 3 is 2.54 bits per heavy atom. The highest BCUT2D eigenvalue weighted by molar-refractivity contribution is 7.89. The molecule has 0 bridgehead atoms. The van der Waals surface area contributed by atoms with Gasteiger partial charge in [0, 0.05) is 24.2 Å². The summed E-state index contributed by atoms with van der Waals surface area (Å²) in [6.07, 6.45) is 1.64. The largest absolute Gasteiger partial charge is 0.298 e. The number of anilines is 1. The maximum absolute atomic E-state index is 12.6. The van der Waals surface area contributed by atoms with Gasteiger partial charge in [0.25, 0.3) is 5.91 Å². The minimum atomic E-state index is -3.66. The summed E-state index contributed by atoms with van der Waals surface area (Å²) in [6, 6.07) is 4.12. The van der Waals surface area contributed by atoms with Gasteiger partial charge in [0.15, 0.2) is 5.13 Å². The molecular formula is C15H18ClN3O3S2. The molecule has 130 valence electrons. The van der Waals surface area contributed by atoms with Crippen molar-refractivity contribution in [2.45, 2.75) is 25.7 Å². The van der Waals surface area contributed by atoms with E-state index in [0.717, 1.165) is 4.88 Å². The first-order valence-electron chi connectivity index (χ1n) is 7.33. The number of sulfonamides is 1. The monoisotopic (exact) mass is 387 g/mol. The van der Waals surface area contributed by atoms with Crippen LogP contribution in [0.15, 0.2) is 29.3 Å². The molecule has 9 heteroatoms. The number of thiazole rings is 1. The molecule has 0 aliphatic heterocycles. The van der Waals surface area contributed by atoms with Crippen molar-refractivity contribution in [1.29, 1.82) is 0 Å². The fraction of sp³-hybridized carbons (Fsp3) is 0.333. The fourth-order valence-corrected chi connectivity index (χ4v) is 4.48. The van der Waals surface area contributed by atoms with Crippen molar-refractivity contribution < 1.29 is 13.2 Å². The van der Waals surface area contributed by atoms with Crippen molar-refractivity contribution in [3.05, 3.63) is 39.9 Å². The summed E-state index contributed by atoms with van der Waals surface area (Å²) >= 11 is 7.40. The highest BCUT2D eigenvalue weighted by Gasteiger charge is 2.24.